The number of aromatic nitrogens is 1. The van der Waals surface area contributed by atoms with Gasteiger partial charge in [-0.25, -0.2) is 4.39 Å². The SMILES string of the molecule is COc1ccc(/C(O)=C2/C(=O)C(=O)N(Cc3ccc(F)cc3)C2c2cccnc2)cc1Br. The Morgan fingerprint density at radius 2 is 1.94 bits per heavy atom. The Balaban J connectivity index is 1.84. The second-order valence-corrected chi connectivity index (χ2v) is 8.04. The number of aliphatic hydroxyl groups excluding tert-OH is 1. The molecule has 0 bridgehead atoms. The van der Waals surface area contributed by atoms with Crippen LogP contribution < -0.4 is 4.74 Å². The van der Waals surface area contributed by atoms with E-state index in [2.05, 4.69) is 20.9 Å². The third-order valence-corrected chi connectivity index (χ3v) is 5.85. The van der Waals surface area contributed by atoms with E-state index >= 15 is 0 Å². The lowest BCUT2D eigenvalue weighted by atomic mass is 9.96. The molecule has 1 aliphatic heterocycles. The summed E-state index contributed by atoms with van der Waals surface area (Å²) in [6.45, 7) is 0.0630. The normalized spacial score (nSPS) is 17.6. The highest BCUT2D eigenvalue weighted by molar-refractivity contribution is 9.10. The lowest BCUT2D eigenvalue weighted by Gasteiger charge is -2.25. The molecular weight excluding hydrogens is 479 g/mol. The lowest BCUT2D eigenvalue weighted by Crippen LogP contribution is -2.29. The minimum Gasteiger partial charge on any atom is -0.507 e. The number of likely N-dealkylation sites (tertiary alicyclic amines) is 1. The molecule has 4 rings (SSSR count). The van der Waals surface area contributed by atoms with E-state index in [0.717, 1.165) is 0 Å². The van der Waals surface area contributed by atoms with Crippen molar-refractivity contribution in [2.24, 2.45) is 0 Å². The van der Waals surface area contributed by atoms with Gasteiger partial charge in [0.2, 0.25) is 0 Å². The number of methoxy groups -OCH3 is 1. The van der Waals surface area contributed by atoms with E-state index in [0.29, 0.717) is 26.9 Å². The number of ether oxygens (including phenoxy) is 1. The maximum atomic E-state index is 13.3. The Labute approximate surface area is 192 Å². The Morgan fingerprint density at radius 3 is 2.56 bits per heavy atom. The molecule has 0 radical (unpaired) electrons. The standard InChI is InChI=1S/C24H18BrFN2O4/c1-32-19-9-6-15(11-18(19)25)22(29)20-21(16-3-2-10-27-12-16)28(24(31)23(20)30)13-14-4-7-17(26)8-5-14/h2-12,21,29H,13H2,1H3/b22-20-. The third kappa shape index (κ3) is 4.01. The van der Waals surface area contributed by atoms with E-state index in [1.54, 1.807) is 54.9 Å². The molecule has 162 valence electrons. The monoisotopic (exact) mass is 496 g/mol. The van der Waals surface area contributed by atoms with Gasteiger partial charge in [-0.15, -0.1) is 0 Å². The van der Waals surface area contributed by atoms with Crippen LogP contribution in [-0.4, -0.2) is 33.8 Å². The number of ketones is 1. The molecule has 0 spiro atoms. The van der Waals surface area contributed by atoms with Crippen LogP contribution in [0.1, 0.15) is 22.7 Å². The van der Waals surface area contributed by atoms with Crippen molar-refractivity contribution in [2.45, 2.75) is 12.6 Å². The fourth-order valence-electron chi connectivity index (χ4n) is 3.68. The largest absolute Gasteiger partial charge is 0.507 e. The number of aliphatic hydroxyl groups is 1. The van der Waals surface area contributed by atoms with Crippen molar-refractivity contribution >= 4 is 33.4 Å². The molecule has 1 aromatic heterocycles. The van der Waals surface area contributed by atoms with Crippen LogP contribution >= 0.6 is 15.9 Å². The summed E-state index contributed by atoms with van der Waals surface area (Å²) < 4.78 is 19.1. The zero-order valence-corrected chi connectivity index (χ0v) is 18.5. The Kier molecular flexibility index (Phi) is 6.05. The fraction of sp³-hybridized carbons (Fsp3) is 0.125. The number of benzene rings is 2. The van der Waals surface area contributed by atoms with Crippen LogP contribution in [0.5, 0.6) is 5.75 Å². The van der Waals surface area contributed by atoms with Gasteiger partial charge in [0.25, 0.3) is 11.7 Å². The quantitative estimate of drug-likeness (QED) is 0.317. The maximum Gasteiger partial charge on any atom is 0.295 e. The number of carbonyl (C=O) groups is 2. The van der Waals surface area contributed by atoms with Crippen molar-refractivity contribution in [3.8, 4) is 5.75 Å². The Bertz CT molecular complexity index is 1210. The number of pyridine rings is 1. The van der Waals surface area contributed by atoms with Crippen molar-refractivity contribution in [1.29, 1.82) is 0 Å². The number of rotatable bonds is 5. The van der Waals surface area contributed by atoms with E-state index in [4.69, 9.17) is 4.74 Å². The summed E-state index contributed by atoms with van der Waals surface area (Å²) in [6, 6.07) is 13.1. The van der Waals surface area contributed by atoms with Gasteiger partial charge in [0.15, 0.2) is 0 Å². The third-order valence-electron chi connectivity index (χ3n) is 5.23. The average molecular weight is 497 g/mol. The van der Waals surface area contributed by atoms with Gasteiger partial charge >= 0.3 is 0 Å². The number of amides is 1. The first-order chi connectivity index (χ1) is 15.4. The molecule has 1 saturated heterocycles. The summed E-state index contributed by atoms with van der Waals surface area (Å²) >= 11 is 3.37. The number of hydrogen-bond donors (Lipinski definition) is 1. The van der Waals surface area contributed by atoms with Gasteiger partial charge in [-0.1, -0.05) is 18.2 Å². The molecule has 1 amide bonds. The van der Waals surface area contributed by atoms with Crippen molar-refractivity contribution in [2.75, 3.05) is 7.11 Å². The van der Waals surface area contributed by atoms with Gasteiger partial charge < -0.3 is 14.7 Å². The topological polar surface area (TPSA) is 79.7 Å². The molecule has 8 heteroatoms. The van der Waals surface area contributed by atoms with Crippen LogP contribution in [-0.2, 0) is 16.1 Å². The summed E-state index contributed by atoms with van der Waals surface area (Å²) in [4.78, 5) is 31.5. The van der Waals surface area contributed by atoms with Crippen LogP contribution in [0.4, 0.5) is 4.39 Å². The first kappa shape index (κ1) is 21.7. The van der Waals surface area contributed by atoms with Crippen LogP contribution in [0.3, 0.4) is 0 Å². The fourth-order valence-corrected chi connectivity index (χ4v) is 4.22. The number of carbonyl (C=O) groups excluding carboxylic acids is 2. The summed E-state index contributed by atoms with van der Waals surface area (Å²) in [5, 5.41) is 11.1. The van der Waals surface area contributed by atoms with E-state index in [-0.39, 0.29) is 17.9 Å². The van der Waals surface area contributed by atoms with Gasteiger partial charge in [-0.05, 0) is 63.5 Å². The van der Waals surface area contributed by atoms with E-state index in [9.17, 15) is 19.1 Å². The van der Waals surface area contributed by atoms with Crippen LogP contribution in [0, 0.1) is 5.82 Å². The van der Waals surface area contributed by atoms with Gasteiger partial charge in [-0.2, -0.15) is 0 Å². The van der Waals surface area contributed by atoms with Crippen LogP contribution in [0.15, 0.2) is 77.0 Å². The molecule has 1 fully saturated rings. The molecule has 3 aromatic rings. The summed E-state index contributed by atoms with van der Waals surface area (Å²) in [5.41, 5.74) is 1.53. The molecule has 32 heavy (non-hydrogen) atoms. The molecular formula is C24H18BrFN2O4. The van der Waals surface area contributed by atoms with Crippen molar-refractivity contribution in [3.63, 3.8) is 0 Å². The molecule has 0 aliphatic carbocycles. The smallest absolute Gasteiger partial charge is 0.295 e. The predicted molar refractivity (Wildman–Crippen MR) is 119 cm³/mol. The lowest BCUT2D eigenvalue weighted by molar-refractivity contribution is -0.140. The highest BCUT2D eigenvalue weighted by Crippen LogP contribution is 2.40. The maximum absolute atomic E-state index is 13.3. The molecule has 1 unspecified atom stereocenters. The summed E-state index contributed by atoms with van der Waals surface area (Å²) in [6.07, 6.45) is 3.13. The first-order valence-electron chi connectivity index (χ1n) is 9.67. The minimum atomic E-state index is -0.852. The second kappa shape index (κ2) is 8.92. The Hall–Kier alpha value is -3.52. The average Bonchev–Trinajstić information content (AvgIpc) is 3.05. The zero-order valence-electron chi connectivity index (χ0n) is 17.0. The summed E-state index contributed by atoms with van der Waals surface area (Å²) in [5.74, 6) is -1.70. The number of Topliss-reactive ketones (excluding diaryl/α,β-unsaturated/α-hetero) is 1. The van der Waals surface area contributed by atoms with Gasteiger partial charge in [0.1, 0.15) is 17.3 Å². The zero-order chi connectivity index (χ0) is 22.8. The van der Waals surface area contributed by atoms with Crippen molar-refractivity contribution < 1.29 is 23.8 Å². The molecule has 2 heterocycles. The molecule has 1 atom stereocenters. The predicted octanol–water partition coefficient (Wildman–Crippen LogP) is 4.61. The van der Waals surface area contributed by atoms with Gasteiger partial charge in [0.05, 0.1) is 23.2 Å². The summed E-state index contributed by atoms with van der Waals surface area (Å²) in [7, 11) is 1.52. The van der Waals surface area contributed by atoms with Crippen molar-refractivity contribution in [1.82, 2.24) is 9.88 Å². The van der Waals surface area contributed by atoms with Crippen LogP contribution in [0.25, 0.3) is 5.76 Å². The van der Waals surface area contributed by atoms with E-state index in [1.165, 1.54) is 24.1 Å². The molecule has 1 N–H and O–H groups in total. The van der Waals surface area contributed by atoms with E-state index in [1.807, 2.05) is 0 Å². The highest BCUT2D eigenvalue weighted by atomic mass is 79.9. The van der Waals surface area contributed by atoms with E-state index < -0.39 is 23.5 Å². The molecule has 6 nitrogen and oxygen atoms in total. The Morgan fingerprint density at radius 1 is 1.19 bits per heavy atom. The number of halogens is 2. The molecule has 0 saturated carbocycles. The van der Waals surface area contributed by atoms with Gasteiger partial charge in [0, 0.05) is 24.5 Å². The minimum absolute atomic E-state index is 0.0396. The highest BCUT2D eigenvalue weighted by Gasteiger charge is 2.46. The first-order valence-corrected chi connectivity index (χ1v) is 10.5. The van der Waals surface area contributed by atoms with Gasteiger partial charge in [-0.3, -0.25) is 14.6 Å². The molecule has 2 aromatic carbocycles. The second-order valence-electron chi connectivity index (χ2n) is 7.19. The number of hydrogen-bond acceptors (Lipinski definition) is 5. The molecule has 1 aliphatic rings. The van der Waals surface area contributed by atoms with Crippen LogP contribution in [0.2, 0.25) is 0 Å². The van der Waals surface area contributed by atoms with Crippen molar-refractivity contribution in [3.05, 3.63) is 99.5 Å². The number of nitrogens with zero attached hydrogens (tertiary/aromatic N) is 2.